The molecule has 2 aromatic rings. The number of nitrogens with one attached hydrogen (secondary N) is 2. The summed E-state index contributed by atoms with van der Waals surface area (Å²) in [5.41, 5.74) is 2.37. The molecule has 0 atom stereocenters. The van der Waals surface area contributed by atoms with Gasteiger partial charge in [0.25, 0.3) is 5.91 Å². The molecule has 114 valence electrons. The van der Waals surface area contributed by atoms with Crippen LogP contribution in [0.3, 0.4) is 0 Å². The molecular formula is C16H17N3O2S. The second kappa shape index (κ2) is 7.00. The summed E-state index contributed by atoms with van der Waals surface area (Å²) in [6.45, 7) is 3.83. The maximum absolute atomic E-state index is 12.3. The highest BCUT2D eigenvalue weighted by Gasteiger charge is 2.15. The maximum Gasteiger partial charge on any atom is 0.261 e. The Labute approximate surface area is 134 Å². The van der Waals surface area contributed by atoms with Crippen LogP contribution in [0.15, 0.2) is 36.5 Å². The highest BCUT2D eigenvalue weighted by Crippen LogP contribution is 2.22. The van der Waals surface area contributed by atoms with E-state index in [0.717, 1.165) is 11.1 Å². The van der Waals surface area contributed by atoms with Gasteiger partial charge in [-0.25, -0.2) is 4.98 Å². The van der Waals surface area contributed by atoms with Crippen LogP contribution in [-0.4, -0.2) is 23.1 Å². The predicted molar refractivity (Wildman–Crippen MR) is 90.4 cm³/mol. The number of ether oxygens (including phenoxy) is 1. The summed E-state index contributed by atoms with van der Waals surface area (Å²) in [5, 5.41) is 5.70. The van der Waals surface area contributed by atoms with Crippen molar-refractivity contribution >= 4 is 29.1 Å². The Hall–Kier alpha value is -2.47. The molecule has 1 aromatic carbocycles. The van der Waals surface area contributed by atoms with Gasteiger partial charge in [0, 0.05) is 6.20 Å². The Balaban J connectivity index is 2.09. The fourth-order valence-corrected chi connectivity index (χ4v) is 2.22. The zero-order valence-electron chi connectivity index (χ0n) is 12.6. The summed E-state index contributed by atoms with van der Waals surface area (Å²) in [6.07, 6.45) is 1.67. The number of methoxy groups -OCH3 is 1. The normalized spacial score (nSPS) is 9.95. The van der Waals surface area contributed by atoms with E-state index in [-0.39, 0.29) is 11.0 Å². The standard InChI is InChI=1S/C16H17N3O2S/c1-10-7-8-17-13(9-10)18-16(22)19-15(20)12-6-4-5-11(2)14(12)21-3/h4-9H,1-3H3,(H2,17,18,19,20,22). The molecule has 0 saturated heterocycles. The third-order valence-electron chi connectivity index (χ3n) is 3.04. The largest absolute Gasteiger partial charge is 0.496 e. The Bertz CT molecular complexity index is 716. The number of thiocarbonyl (C=S) groups is 1. The fourth-order valence-electron chi connectivity index (χ4n) is 2.02. The van der Waals surface area contributed by atoms with Crippen LogP contribution in [-0.2, 0) is 0 Å². The summed E-state index contributed by atoms with van der Waals surface area (Å²) < 4.78 is 5.28. The second-order valence-electron chi connectivity index (χ2n) is 4.78. The van der Waals surface area contributed by atoms with Gasteiger partial charge in [0.05, 0.1) is 12.7 Å². The van der Waals surface area contributed by atoms with E-state index in [9.17, 15) is 4.79 Å². The zero-order valence-corrected chi connectivity index (χ0v) is 13.5. The molecule has 0 bridgehead atoms. The summed E-state index contributed by atoms with van der Waals surface area (Å²) in [5.74, 6) is 0.795. The van der Waals surface area contributed by atoms with Crippen molar-refractivity contribution in [3.05, 3.63) is 53.2 Å². The molecule has 2 N–H and O–H groups in total. The van der Waals surface area contributed by atoms with Gasteiger partial charge >= 0.3 is 0 Å². The van der Waals surface area contributed by atoms with Crippen LogP contribution in [0.5, 0.6) is 5.75 Å². The average Bonchev–Trinajstić information content (AvgIpc) is 2.46. The van der Waals surface area contributed by atoms with Gasteiger partial charge in [0.15, 0.2) is 5.11 Å². The van der Waals surface area contributed by atoms with Gasteiger partial charge in [-0.3, -0.25) is 10.1 Å². The van der Waals surface area contributed by atoms with E-state index in [2.05, 4.69) is 15.6 Å². The van der Waals surface area contributed by atoms with E-state index >= 15 is 0 Å². The molecule has 1 amide bonds. The molecule has 0 aliphatic heterocycles. The van der Waals surface area contributed by atoms with Gasteiger partial charge < -0.3 is 10.1 Å². The quantitative estimate of drug-likeness (QED) is 0.853. The highest BCUT2D eigenvalue weighted by molar-refractivity contribution is 7.80. The lowest BCUT2D eigenvalue weighted by Gasteiger charge is -2.12. The lowest BCUT2D eigenvalue weighted by atomic mass is 10.1. The van der Waals surface area contributed by atoms with Crippen molar-refractivity contribution in [1.29, 1.82) is 0 Å². The molecule has 0 saturated carbocycles. The number of aromatic nitrogens is 1. The van der Waals surface area contributed by atoms with Crippen molar-refractivity contribution in [3.63, 3.8) is 0 Å². The molecule has 6 heteroatoms. The number of aryl methyl sites for hydroxylation is 2. The number of rotatable bonds is 3. The number of anilines is 1. The van der Waals surface area contributed by atoms with Crippen LogP contribution < -0.4 is 15.4 Å². The Kier molecular flexibility index (Phi) is 5.06. The second-order valence-corrected chi connectivity index (χ2v) is 5.19. The van der Waals surface area contributed by atoms with Crippen molar-refractivity contribution in [3.8, 4) is 5.75 Å². The third-order valence-corrected chi connectivity index (χ3v) is 3.25. The van der Waals surface area contributed by atoms with Crippen LogP contribution in [0, 0.1) is 13.8 Å². The fraction of sp³-hybridized carbons (Fsp3) is 0.188. The number of hydrogen-bond acceptors (Lipinski definition) is 4. The number of amides is 1. The van der Waals surface area contributed by atoms with E-state index in [1.165, 1.54) is 7.11 Å². The molecule has 0 aliphatic carbocycles. The smallest absolute Gasteiger partial charge is 0.261 e. The van der Waals surface area contributed by atoms with Gasteiger partial charge in [-0.15, -0.1) is 0 Å². The first-order valence-electron chi connectivity index (χ1n) is 6.70. The first-order valence-corrected chi connectivity index (χ1v) is 7.10. The minimum absolute atomic E-state index is 0.187. The zero-order chi connectivity index (χ0) is 16.1. The Morgan fingerprint density at radius 1 is 1.27 bits per heavy atom. The van der Waals surface area contributed by atoms with Crippen LogP contribution in [0.25, 0.3) is 0 Å². The summed E-state index contributed by atoms with van der Waals surface area (Å²) in [4.78, 5) is 16.4. The van der Waals surface area contributed by atoms with Crippen LogP contribution in [0.1, 0.15) is 21.5 Å². The Morgan fingerprint density at radius 2 is 2.05 bits per heavy atom. The maximum atomic E-state index is 12.3. The summed E-state index contributed by atoms with van der Waals surface area (Å²) >= 11 is 5.14. The number of carbonyl (C=O) groups is 1. The number of pyridine rings is 1. The lowest BCUT2D eigenvalue weighted by molar-refractivity contribution is 0.0974. The van der Waals surface area contributed by atoms with E-state index in [0.29, 0.717) is 17.1 Å². The average molecular weight is 315 g/mol. The molecule has 2 rings (SSSR count). The number of nitrogens with zero attached hydrogens (tertiary/aromatic N) is 1. The van der Waals surface area contributed by atoms with E-state index in [1.54, 1.807) is 18.3 Å². The van der Waals surface area contributed by atoms with Gasteiger partial charge in [-0.1, -0.05) is 12.1 Å². The van der Waals surface area contributed by atoms with Gasteiger partial charge in [-0.05, 0) is 55.4 Å². The number of carbonyl (C=O) groups excluding carboxylic acids is 1. The molecule has 0 spiro atoms. The molecule has 0 unspecified atom stereocenters. The van der Waals surface area contributed by atoms with Crippen LogP contribution >= 0.6 is 12.2 Å². The molecule has 1 aromatic heterocycles. The van der Waals surface area contributed by atoms with Gasteiger partial charge in [0.2, 0.25) is 0 Å². The van der Waals surface area contributed by atoms with Crippen molar-refractivity contribution in [2.45, 2.75) is 13.8 Å². The van der Waals surface area contributed by atoms with Crippen LogP contribution in [0.4, 0.5) is 5.82 Å². The van der Waals surface area contributed by atoms with E-state index in [1.807, 2.05) is 32.0 Å². The number of hydrogen-bond donors (Lipinski definition) is 2. The molecular weight excluding hydrogens is 298 g/mol. The Morgan fingerprint density at radius 3 is 2.73 bits per heavy atom. The summed E-state index contributed by atoms with van der Waals surface area (Å²) in [7, 11) is 1.53. The third kappa shape index (κ3) is 3.79. The van der Waals surface area contributed by atoms with Crippen molar-refractivity contribution in [2.75, 3.05) is 12.4 Å². The first kappa shape index (κ1) is 15.9. The molecule has 22 heavy (non-hydrogen) atoms. The summed E-state index contributed by atoms with van der Waals surface area (Å²) in [6, 6.07) is 9.08. The van der Waals surface area contributed by atoms with Gasteiger partial charge in [0.1, 0.15) is 11.6 Å². The van der Waals surface area contributed by atoms with Crippen molar-refractivity contribution in [1.82, 2.24) is 10.3 Å². The van der Waals surface area contributed by atoms with Crippen molar-refractivity contribution < 1.29 is 9.53 Å². The van der Waals surface area contributed by atoms with Crippen molar-refractivity contribution in [2.24, 2.45) is 0 Å². The minimum Gasteiger partial charge on any atom is -0.496 e. The van der Waals surface area contributed by atoms with Gasteiger partial charge in [-0.2, -0.15) is 0 Å². The minimum atomic E-state index is -0.328. The molecule has 0 fully saturated rings. The van der Waals surface area contributed by atoms with E-state index < -0.39 is 0 Å². The monoisotopic (exact) mass is 315 g/mol. The van der Waals surface area contributed by atoms with E-state index in [4.69, 9.17) is 17.0 Å². The van der Waals surface area contributed by atoms with Crippen LogP contribution in [0.2, 0.25) is 0 Å². The molecule has 0 radical (unpaired) electrons. The molecule has 5 nitrogen and oxygen atoms in total. The predicted octanol–water partition coefficient (Wildman–Crippen LogP) is 2.83. The molecule has 0 aliphatic rings. The first-order chi connectivity index (χ1) is 10.5. The number of benzene rings is 1. The SMILES string of the molecule is COc1c(C)cccc1C(=O)NC(=S)Nc1cc(C)ccn1. The topological polar surface area (TPSA) is 63.2 Å². The molecule has 1 heterocycles. The lowest BCUT2D eigenvalue weighted by Crippen LogP contribution is -2.34. The highest BCUT2D eigenvalue weighted by atomic mass is 32.1. The number of para-hydroxylation sites is 1.